The van der Waals surface area contributed by atoms with Gasteiger partial charge in [0.2, 0.25) is 10.0 Å². The summed E-state index contributed by atoms with van der Waals surface area (Å²) in [5, 5.41) is 0. The van der Waals surface area contributed by atoms with Gasteiger partial charge in [0.1, 0.15) is 0 Å². The van der Waals surface area contributed by atoms with Crippen molar-refractivity contribution in [1.29, 1.82) is 0 Å². The molecule has 112 valence electrons. The maximum atomic E-state index is 12.5. The molecule has 0 heterocycles. The van der Waals surface area contributed by atoms with E-state index in [-0.39, 0.29) is 4.90 Å². The number of rotatable bonds is 4. The fraction of sp³-hybridized carbons (Fsp3) is 0.571. The van der Waals surface area contributed by atoms with Gasteiger partial charge in [-0.1, -0.05) is 19.3 Å². The van der Waals surface area contributed by atoms with Gasteiger partial charge >= 0.3 is 0 Å². The van der Waals surface area contributed by atoms with Crippen molar-refractivity contribution in [3.05, 3.63) is 22.7 Å². The topological polar surface area (TPSA) is 63.4 Å². The molecule has 1 saturated carbocycles. The number of anilines is 1. The first-order valence-electron chi connectivity index (χ1n) is 6.92. The highest BCUT2D eigenvalue weighted by Crippen LogP contribution is 2.28. The molecule has 0 bridgehead atoms. The smallest absolute Gasteiger partial charge is 0.242 e. The van der Waals surface area contributed by atoms with Gasteiger partial charge in [-0.15, -0.1) is 0 Å². The standard InChI is InChI=1S/C14H21BrN2O2S/c1-17(10-11-5-3-2-4-6-11)20(18,19)12-7-8-14(16)13(15)9-12/h7-9,11H,2-6,10,16H2,1H3. The highest BCUT2D eigenvalue weighted by Gasteiger charge is 2.25. The number of hydrogen-bond donors (Lipinski definition) is 1. The van der Waals surface area contributed by atoms with Crippen LogP contribution in [0.4, 0.5) is 5.69 Å². The number of halogens is 1. The lowest BCUT2D eigenvalue weighted by atomic mass is 9.89. The number of nitrogens with zero attached hydrogens (tertiary/aromatic N) is 1. The van der Waals surface area contributed by atoms with E-state index in [4.69, 9.17) is 5.73 Å². The van der Waals surface area contributed by atoms with E-state index in [0.717, 1.165) is 12.8 Å². The van der Waals surface area contributed by atoms with E-state index in [0.29, 0.717) is 22.6 Å². The second-order valence-corrected chi connectivity index (χ2v) is 8.37. The Balaban J connectivity index is 2.13. The lowest BCUT2D eigenvalue weighted by Gasteiger charge is -2.26. The van der Waals surface area contributed by atoms with Crippen LogP contribution in [0.25, 0.3) is 0 Å². The van der Waals surface area contributed by atoms with Gasteiger partial charge in [-0.25, -0.2) is 12.7 Å². The van der Waals surface area contributed by atoms with E-state index in [1.165, 1.54) is 23.6 Å². The van der Waals surface area contributed by atoms with E-state index in [1.807, 2.05) is 0 Å². The molecule has 0 saturated heterocycles. The molecule has 0 amide bonds. The van der Waals surface area contributed by atoms with Gasteiger partial charge in [0.25, 0.3) is 0 Å². The summed E-state index contributed by atoms with van der Waals surface area (Å²) in [5.74, 6) is 0.487. The minimum Gasteiger partial charge on any atom is -0.398 e. The van der Waals surface area contributed by atoms with Crippen molar-refractivity contribution >= 4 is 31.6 Å². The molecule has 2 N–H and O–H groups in total. The third kappa shape index (κ3) is 3.54. The fourth-order valence-corrected chi connectivity index (χ4v) is 4.48. The average molecular weight is 361 g/mol. The van der Waals surface area contributed by atoms with Gasteiger partial charge in [0.15, 0.2) is 0 Å². The van der Waals surface area contributed by atoms with Crippen LogP contribution >= 0.6 is 15.9 Å². The SMILES string of the molecule is CN(CC1CCCCC1)S(=O)(=O)c1ccc(N)c(Br)c1. The van der Waals surface area contributed by atoms with Gasteiger partial charge in [-0.3, -0.25) is 0 Å². The number of nitrogen functional groups attached to an aromatic ring is 1. The molecule has 1 aliphatic carbocycles. The summed E-state index contributed by atoms with van der Waals surface area (Å²) in [6.07, 6.45) is 5.96. The van der Waals surface area contributed by atoms with Crippen molar-refractivity contribution < 1.29 is 8.42 Å². The average Bonchev–Trinajstić information content (AvgIpc) is 2.42. The summed E-state index contributed by atoms with van der Waals surface area (Å²) < 4.78 is 27.2. The molecular weight excluding hydrogens is 340 g/mol. The molecule has 1 aliphatic rings. The van der Waals surface area contributed by atoms with Crippen molar-refractivity contribution in [2.24, 2.45) is 5.92 Å². The van der Waals surface area contributed by atoms with Crippen LogP contribution in [0.15, 0.2) is 27.6 Å². The molecule has 6 heteroatoms. The van der Waals surface area contributed by atoms with E-state index in [9.17, 15) is 8.42 Å². The number of sulfonamides is 1. The molecule has 20 heavy (non-hydrogen) atoms. The Morgan fingerprint density at radius 1 is 1.30 bits per heavy atom. The number of hydrogen-bond acceptors (Lipinski definition) is 3. The van der Waals surface area contributed by atoms with Crippen molar-refractivity contribution in [3.63, 3.8) is 0 Å². The molecule has 1 fully saturated rings. The molecule has 1 aromatic carbocycles. The van der Waals surface area contributed by atoms with Crippen molar-refractivity contribution in [2.75, 3.05) is 19.3 Å². The molecule has 2 rings (SSSR count). The first kappa shape index (κ1) is 15.8. The highest BCUT2D eigenvalue weighted by molar-refractivity contribution is 9.10. The van der Waals surface area contributed by atoms with Crippen LogP contribution in [-0.2, 0) is 10.0 Å². The molecule has 0 aliphatic heterocycles. The fourth-order valence-electron chi connectivity index (χ4n) is 2.68. The zero-order valence-corrected chi connectivity index (χ0v) is 14.1. The summed E-state index contributed by atoms with van der Waals surface area (Å²) in [6, 6.07) is 4.75. The second kappa shape index (κ2) is 6.45. The lowest BCUT2D eigenvalue weighted by Crippen LogP contribution is -2.32. The Labute approximate surface area is 129 Å². The lowest BCUT2D eigenvalue weighted by molar-refractivity contribution is 0.300. The van der Waals surface area contributed by atoms with E-state index < -0.39 is 10.0 Å². The zero-order chi connectivity index (χ0) is 14.8. The summed E-state index contributed by atoms with van der Waals surface area (Å²) in [7, 11) is -1.77. The summed E-state index contributed by atoms with van der Waals surface area (Å²) in [6.45, 7) is 0.602. The van der Waals surface area contributed by atoms with Gasteiger partial charge in [0, 0.05) is 23.8 Å². The van der Waals surface area contributed by atoms with Crippen LogP contribution in [-0.4, -0.2) is 26.3 Å². The maximum absolute atomic E-state index is 12.5. The Morgan fingerprint density at radius 2 is 1.95 bits per heavy atom. The van der Waals surface area contributed by atoms with Crippen LogP contribution in [0.2, 0.25) is 0 Å². The Bertz CT molecular complexity index is 569. The van der Waals surface area contributed by atoms with Crippen LogP contribution in [0.1, 0.15) is 32.1 Å². The van der Waals surface area contributed by atoms with Crippen LogP contribution in [0, 0.1) is 5.92 Å². The first-order valence-corrected chi connectivity index (χ1v) is 9.16. The van der Waals surface area contributed by atoms with Gasteiger partial charge in [-0.2, -0.15) is 0 Å². The Kier molecular flexibility index (Phi) is 5.09. The van der Waals surface area contributed by atoms with Crippen molar-refractivity contribution in [3.8, 4) is 0 Å². The van der Waals surface area contributed by atoms with Crippen molar-refractivity contribution in [2.45, 2.75) is 37.0 Å². The summed E-state index contributed by atoms with van der Waals surface area (Å²) in [4.78, 5) is 0.289. The van der Waals surface area contributed by atoms with E-state index in [2.05, 4.69) is 15.9 Å². The predicted molar refractivity (Wildman–Crippen MR) is 84.9 cm³/mol. The van der Waals surface area contributed by atoms with Gasteiger partial charge in [-0.05, 0) is 52.9 Å². The molecule has 0 radical (unpaired) electrons. The normalized spacial score (nSPS) is 17.6. The van der Waals surface area contributed by atoms with Crippen LogP contribution in [0.5, 0.6) is 0 Å². The Hall–Kier alpha value is -0.590. The summed E-state index contributed by atoms with van der Waals surface area (Å²) in [5.41, 5.74) is 6.24. The van der Waals surface area contributed by atoms with E-state index >= 15 is 0 Å². The third-order valence-corrected chi connectivity index (χ3v) is 6.43. The Morgan fingerprint density at radius 3 is 2.55 bits per heavy atom. The van der Waals surface area contributed by atoms with Crippen molar-refractivity contribution in [1.82, 2.24) is 4.31 Å². The van der Waals surface area contributed by atoms with Crippen LogP contribution < -0.4 is 5.73 Å². The molecule has 0 spiro atoms. The monoisotopic (exact) mass is 360 g/mol. The molecule has 0 atom stereocenters. The minimum absolute atomic E-state index is 0.289. The second-order valence-electron chi connectivity index (χ2n) is 5.47. The number of benzene rings is 1. The van der Waals surface area contributed by atoms with E-state index in [1.54, 1.807) is 25.2 Å². The summed E-state index contributed by atoms with van der Waals surface area (Å²) >= 11 is 3.28. The largest absolute Gasteiger partial charge is 0.398 e. The number of nitrogens with two attached hydrogens (primary N) is 1. The van der Waals surface area contributed by atoms with Crippen LogP contribution in [0.3, 0.4) is 0 Å². The van der Waals surface area contributed by atoms with Gasteiger partial charge < -0.3 is 5.73 Å². The minimum atomic E-state index is -3.43. The molecular formula is C14H21BrN2O2S. The van der Waals surface area contributed by atoms with Gasteiger partial charge in [0.05, 0.1) is 4.90 Å². The highest BCUT2D eigenvalue weighted by atomic mass is 79.9. The maximum Gasteiger partial charge on any atom is 0.242 e. The molecule has 0 aromatic heterocycles. The zero-order valence-electron chi connectivity index (χ0n) is 11.7. The predicted octanol–water partition coefficient (Wildman–Crippen LogP) is 3.23. The third-order valence-electron chi connectivity index (χ3n) is 3.92. The quantitative estimate of drug-likeness (QED) is 0.838. The molecule has 0 unspecified atom stereocenters. The first-order chi connectivity index (χ1) is 9.41. The molecule has 4 nitrogen and oxygen atoms in total. The molecule has 1 aromatic rings.